The molecule has 2 heterocycles. The number of amides is 1. The molecule has 0 radical (unpaired) electrons. The summed E-state index contributed by atoms with van der Waals surface area (Å²) in [6.45, 7) is 0. The number of thiophene rings is 1. The van der Waals surface area contributed by atoms with Crippen LogP contribution in [0.4, 0.5) is 0 Å². The molecule has 20 heavy (non-hydrogen) atoms. The van der Waals surface area contributed by atoms with Gasteiger partial charge in [0.15, 0.2) is 0 Å². The van der Waals surface area contributed by atoms with Crippen molar-refractivity contribution in [2.75, 3.05) is 5.75 Å². The van der Waals surface area contributed by atoms with Gasteiger partial charge in [-0.2, -0.15) is 0 Å². The van der Waals surface area contributed by atoms with Crippen LogP contribution in [0, 0.1) is 5.92 Å². The average molecular weight is 311 g/mol. The van der Waals surface area contributed by atoms with Crippen LogP contribution in [0.5, 0.6) is 0 Å². The number of fused-ring (bicyclic) bond motifs is 1. The summed E-state index contributed by atoms with van der Waals surface area (Å²) in [5, 5.41) is 14.0. The van der Waals surface area contributed by atoms with E-state index in [9.17, 15) is 9.59 Å². The first-order chi connectivity index (χ1) is 9.65. The summed E-state index contributed by atoms with van der Waals surface area (Å²) in [4.78, 5) is 24.7. The molecule has 1 saturated carbocycles. The van der Waals surface area contributed by atoms with Gasteiger partial charge in [-0.05, 0) is 48.4 Å². The molecule has 1 aliphatic carbocycles. The molecule has 0 spiro atoms. The van der Waals surface area contributed by atoms with Gasteiger partial charge in [0.1, 0.15) is 5.25 Å². The SMILES string of the molecule is O=C(N[C@@H]1CC[C@H](C(=O)O)C1)C1SCCc2sccc21. The number of hydrogen-bond acceptors (Lipinski definition) is 4. The third-order valence-corrected chi connectivity index (χ3v) is 6.28. The van der Waals surface area contributed by atoms with Crippen LogP contribution < -0.4 is 5.32 Å². The van der Waals surface area contributed by atoms with E-state index in [2.05, 4.69) is 5.32 Å². The Balaban J connectivity index is 1.63. The predicted molar refractivity (Wildman–Crippen MR) is 80.1 cm³/mol. The molecule has 3 atom stereocenters. The van der Waals surface area contributed by atoms with Gasteiger partial charge in [-0.25, -0.2) is 0 Å². The summed E-state index contributed by atoms with van der Waals surface area (Å²) < 4.78 is 0. The molecule has 0 bridgehead atoms. The number of nitrogens with one attached hydrogen (secondary N) is 1. The molecule has 1 aromatic heterocycles. The number of carboxylic acids is 1. The quantitative estimate of drug-likeness (QED) is 0.900. The molecule has 0 aromatic carbocycles. The lowest BCUT2D eigenvalue weighted by molar-refractivity contribution is -0.141. The van der Waals surface area contributed by atoms with Gasteiger partial charge in [0, 0.05) is 10.9 Å². The summed E-state index contributed by atoms with van der Waals surface area (Å²) in [5.74, 6) is -0.0103. The van der Waals surface area contributed by atoms with Crippen molar-refractivity contribution >= 4 is 35.0 Å². The lowest BCUT2D eigenvalue weighted by Crippen LogP contribution is -2.37. The fourth-order valence-corrected chi connectivity index (χ4v) is 5.28. The normalized spacial score (nSPS) is 28.9. The van der Waals surface area contributed by atoms with Crippen LogP contribution in [0.25, 0.3) is 0 Å². The van der Waals surface area contributed by atoms with Crippen molar-refractivity contribution in [2.45, 2.75) is 37.0 Å². The van der Waals surface area contributed by atoms with Gasteiger partial charge in [0.25, 0.3) is 0 Å². The maximum atomic E-state index is 12.4. The molecule has 1 unspecified atom stereocenters. The van der Waals surface area contributed by atoms with Crippen molar-refractivity contribution in [3.05, 3.63) is 21.9 Å². The van der Waals surface area contributed by atoms with Crippen LogP contribution in [-0.4, -0.2) is 28.8 Å². The van der Waals surface area contributed by atoms with Crippen LogP contribution in [-0.2, 0) is 16.0 Å². The van der Waals surface area contributed by atoms with E-state index >= 15 is 0 Å². The largest absolute Gasteiger partial charge is 0.481 e. The number of hydrogen-bond donors (Lipinski definition) is 2. The van der Waals surface area contributed by atoms with Crippen LogP contribution in [0.3, 0.4) is 0 Å². The second-order valence-corrected chi connectivity index (χ2v) is 7.57. The molecule has 2 aliphatic rings. The zero-order valence-electron chi connectivity index (χ0n) is 11.0. The van der Waals surface area contributed by atoms with E-state index in [-0.39, 0.29) is 23.1 Å². The second kappa shape index (κ2) is 5.77. The molecular weight excluding hydrogens is 294 g/mol. The fraction of sp³-hybridized carbons (Fsp3) is 0.571. The van der Waals surface area contributed by atoms with Crippen LogP contribution in [0.15, 0.2) is 11.4 Å². The molecule has 1 fully saturated rings. The molecule has 108 valence electrons. The molecule has 1 aromatic rings. The summed E-state index contributed by atoms with van der Waals surface area (Å²) >= 11 is 3.41. The Morgan fingerprint density at radius 1 is 1.35 bits per heavy atom. The zero-order chi connectivity index (χ0) is 14.1. The Morgan fingerprint density at radius 2 is 2.20 bits per heavy atom. The number of carboxylic acid groups (broad SMARTS) is 1. The van der Waals surface area contributed by atoms with Crippen molar-refractivity contribution < 1.29 is 14.7 Å². The monoisotopic (exact) mass is 311 g/mol. The Hall–Kier alpha value is -1.01. The van der Waals surface area contributed by atoms with Crippen LogP contribution >= 0.6 is 23.1 Å². The Morgan fingerprint density at radius 3 is 2.95 bits per heavy atom. The first-order valence-electron chi connectivity index (χ1n) is 6.86. The maximum Gasteiger partial charge on any atom is 0.306 e. The smallest absolute Gasteiger partial charge is 0.306 e. The standard InChI is InChI=1S/C14H17NO3S2/c16-13(15-9-2-1-8(7-9)14(17)18)12-10-3-5-19-11(10)4-6-20-12/h3,5,8-9,12H,1-2,4,6-7H2,(H,15,16)(H,17,18)/t8-,9+,12?/m0/s1. The predicted octanol–water partition coefficient (Wildman–Crippen LogP) is 2.45. The first-order valence-corrected chi connectivity index (χ1v) is 8.79. The summed E-state index contributed by atoms with van der Waals surface area (Å²) in [6, 6.07) is 2.07. The molecule has 1 aliphatic heterocycles. The third kappa shape index (κ3) is 2.72. The van der Waals surface area contributed by atoms with E-state index < -0.39 is 5.97 Å². The van der Waals surface area contributed by atoms with E-state index in [0.717, 1.165) is 24.2 Å². The van der Waals surface area contributed by atoms with Crippen molar-refractivity contribution in [1.29, 1.82) is 0 Å². The van der Waals surface area contributed by atoms with E-state index in [1.54, 1.807) is 23.1 Å². The third-order valence-electron chi connectivity index (χ3n) is 4.04. The van der Waals surface area contributed by atoms with Crippen molar-refractivity contribution in [3.8, 4) is 0 Å². The summed E-state index contributed by atoms with van der Waals surface area (Å²) in [6.07, 6.45) is 3.05. The highest BCUT2D eigenvalue weighted by molar-refractivity contribution is 8.00. The topological polar surface area (TPSA) is 66.4 Å². The zero-order valence-corrected chi connectivity index (χ0v) is 12.6. The Kier molecular flexibility index (Phi) is 4.03. The number of aliphatic carboxylic acids is 1. The minimum absolute atomic E-state index is 0.0215. The van der Waals surface area contributed by atoms with E-state index in [0.29, 0.717) is 12.8 Å². The molecule has 3 rings (SSSR count). The molecule has 6 heteroatoms. The lowest BCUT2D eigenvalue weighted by Gasteiger charge is -2.23. The maximum absolute atomic E-state index is 12.4. The molecule has 2 N–H and O–H groups in total. The lowest BCUT2D eigenvalue weighted by atomic mass is 10.1. The highest BCUT2D eigenvalue weighted by atomic mass is 32.2. The molecule has 4 nitrogen and oxygen atoms in total. The fourth-order valence-electron chi connectivity index (χ4n) is 2.98. The van der Waals surface area contributed by atoms with Gasteiger partial charge >= 0.3 is 5.97 Å². The van der Waals surface area contributed by atoms with Gasteiger partial charge in [0.2, 0.25) is 5.91 Å². The highest BCUT2D eigenvalue weighted by Crippen LogP contribution is 2.39. The molecule has 1 amide bonds. The van der Waals surface area contributed by atoms with Crippen LogP contribution in [0.2, 0.25) is 0 Å². The second-order valence-electron chi connectivity index (χ2n) is 5.35. The Labute approximate surface area is 125 Å². The van der Waals surface area contributed by atoms with E-state index in [1.807, 2.05) is 11.4 Å². The number of thioether (sulfide) groups is 1. The van der Waals surface area contributed by atoms with Crippen LogP contribution in [0.1, 0.15) is 35.0 Å². The summed E-state index contributed by atoms with van der Waals surface area (Å²) in [5.41, 5.74) is 1.15. The van der Waals surface area contributed by atoms with Crippen molar-refractivity contribution in [3.63, 3.8) is 0 Å². The van der Waals surface area contributed by atoms with E-state index in [1.165, 1.54) is 4.88 Å². The first kappa shape index (κ1) is 13.9. The van der Waals surface area contributed by atoms with E-state index in [4.69, 9.17) is 5.11 Å². The van der Waals surface area contributed by atoms with Crippen molar-refractivity contribution in [2.24, 2.45) is 5.92 Å². The number of rotatable bonds is 3. The minimum atomic E-state index is -0.742. The van der Waals surface area contributed by atoms with Gasteiger partial charge < -0.3 is 10.4 Å². The van der Waals surface area contributed by atoms with Gasteiger partial charge in [-0.3, -0.25) is 9.59 Å². The number of aryl methyl sites for hydroxylation is 1. The molecule has 0 saturated heterocycles. The summed E-state index contributed by atoms with van der Waals surface area (Å²) in [7, 11) is 0. The number of carbonyl (C=O) groups is 2. The Bertz CT molecular complexity index is 528. The average Bonchev–Trinajstić information content (AvgIpc) is 3.05. The van der Waals surface area contributed by atoms with Gasteiger partial charge in [-0.15, -0.1) is 23.1 Å². The molecular formula is C14H17NO3S2. The highest BCUT2D eigenvalue weighted by Gasteiger charge is 2.34. The van der Waals surface area contributed by atoms with Gasteiger partial charge in [-0.1, -0.05) is 0 Å². The van der Waals surface area contributed by atoms with Crippen molar-refractivity contribution in [1.82, 2.24) is 5.32 Å². The van der Waals surface area contributed by atoms with Gasteiger partial charge in [0.05, 0.1) is 5.92 Å². The number of carbonyl (C=O) groups excluding carboxylic acids is 1. The minimum Gasteiger partial charge on any atom is -0.481 e.